The number of anilines is 2. The van der Waals surface area contributed by atoms with E-state index in [1.165, 1.54) is 32.6 Å². The highest BCUT2D eigenvalue weighted by Gasteiger charge is 2.57. The number of thiazole rings is 1. The van der Waals surface area contributed by atoms with Gasteiger partial charge in [-0.3, -0.25) is 23.7 Å². The van der Waals surface area contributed by atoms with Gasteiger partial charge in [-0.1, -0.05) is 63.3 Å². The van der Waals surface area contributed by atoms with Crippen molar-refractivity contribution in [1.82, 2.24) is 4.57 Å². The molecule has 2 aliphatic rings. The second-order valence-corrected chi connectivity index (χ2v) is 12.6. The zero-order chi connectivity index (χ0) is 25.7. The fourth-order valence-electron chi connectivity index (χ4n) is 4.74. The monoisotopic (exact) mass is 611 g/mol. The highest BCUT2D eigenvalue weighted by molar-refractivity contribution is 9.10. The number of nitrogens with one attached hydrogen (secondary N) is 1. The number of carbonyl (C=O) groups is 3. The lowest BCUT2D eigenvalue weighted by atomic mass is 9.87. The van der Waals surface area contributed by atoms with E-state index in [9.17, 15) is 19.2 Å². The Morgan fingerprint density at radius 1 is 0.946 bits per heavy atom. The van der Waals surface area contributed by atoms with Gasteiger partial charge in [0.25, 0.3) is 0 Å². The van der Waals surface area contributed by atoms with Crippen molar-refractivity contribution in [3.63, 3.8) is 0 Å². The third-order valence-corrected chi connectivity index (χ3v) is 10.4. The van der Waals surface area contributed by atoms with E-state index in [0.717, 1.165) is 25.6 Å². The molecule has 0 bridgehead atoms. The summed E-state index contributed by atoms with van der Waals surface area (Å²) in [4.78, 5) is 56.0. The fourth-order valence-corrected chi connectivity index (χ4v) is 8.73. The molecule has 2 aliphatic heterocycles. The van der Waals surface area contributed by atoms with E-state index < -0.39 is 17.1 Å². The fraction of sp³-hybridized carbons (Fsp3) is 0.154. The number of imide groups is 1. The van der Waals surface area contributed by atoms with Crippen LogP contribution in [0.4, 0.5) is 11.4 Å². The molecular weight excluding hydrogens is 594 g/mol. The maximum Gasteiger partial charge on any atom is 0.308 e. The third-order valence-electron chi connectivity index (χ3n) is 6.34. The van der Waals surface area contributed by atoms with Crippen LogP contribution in [-0.2, 0) is 20.9 Å². The number of thioether (sulfide) groups is 1. The quantitative estimate of drug-likeness (QED) is 0.315. The summed E-state index contributed by atoms with van der Waals surface area (Å²) in [5, 5.41) is 4.62. The van der Waals surface area contributed by atoms with Gasteiger partial charge in [-0.2, -0.15) is 0 Å². The molecule has 6 rings (SSSR count). The zero-order valence-corrected chi connectivity index (χ0v) is 23.0. The van der Waals surface area contributed by atoms with Gasteiger partial charge >= 0.3 is 4.87 Å². The van der Waals surface area contributed by atoms with Crippen molar-refractivity contribution in [3.8, 4) is 0 Å². The van der Waals surface area contributed by atoms with Crippen LogP contribution in [0.15, 0.2) is 86.4 Å². The number of nitrogens with zero attached hydrogens (tertiary/aromatic N) is 2. The summed E-state index contributed by atoms with van der Waals surface area (Å²) in [6, 6.07) is 19.9. The summed E-state index contributed by atoms with van der Waals surface area (Å²) in [5.74, 6) is -2.00. The van der Waals surface area contributed by atoms with Crippen molar-refractivity contribution in [2.75, 3.05) is 10.2 Å². The molecule has 0 aliphatic carbocycles. The van der Waals surface area contributed by atoms with Crippen molar-refractivity contribution >= 4 is 79.5 Å². The Bertz CT molecular complexity index is 1560. The van der Waals surface area contributed by atoms with Gasteiger partial charge in [0.15, 0.2) is 0 Å². The molecule has 7 nitrogen and oxygen atoms in total. The molecule has 11 heteroatoms. The normalized spacial score (nSPS) is 20.6. The molecule has 1 saturated heterocycles. The number of halogens is 1. The first-order valence-corrected chi connectivity index (χ1v) is 14.7. The van der Waals surface area contributed by atoms with Crippen LogP contribution in [-0.4, -0.2) is 27.5 Å². The molecule has 3 atom stereocenters. The average Bonchev–Trinajstić information content (AvgIpc) is 3.58. The molecule has 3 unspecified atom stereocenters. The number of para-hydroxylation sites is 1. The highest BCUT2D eigenvalue weighted by Crippen LogP contribution is 2.54. The number of hydrogen-bond acceptors (Lipinski definition) is 7. The van der Waals surface area contributed by atoms with E-state index >= 15 is 0 Å². The van der Waals surface area contributed by atoms with Gasteiger partial charge in [0.2, 0.25) is 17.7 Å². The van der Waals surface area contributed by atoms with Crippen molar-refractivity contribution in [2.45, 2.75) is 22.7 Å². The lowest BCUT2D eigenvalue weighted by Gasteiger charge is -2.29. The maximum atomic E-state index is 13.8. The number of benzene rings is 2. The van der Waals surface area contributed by atoms with Gasteiger partial charge in [0.1, 0.15) is 11.8 Å². The van der Waals surface area contributed by atoms with Crippen LogP contribution in [0.5, 0.6) is 0 Å². The molecule has 37 heavy (non-hydrogen) atoms. The molecule has 0 radical (unpaired) electrons. The minimum absolute atomic E-state index is 0.181. The minimum Gasteiger partial charge on any atom is -0.325 e. The smallest absolute Gasteiger partial charge is 0.308 e. The predicted molar refractivity (Wildman–Crippen MR) is 150 cm³/mol. The Labute approximate surface area is 232 Å². The first-order valence-electron chi connectivity index (χ1n) is 11.3. The van der Waals surface area contributed by atoms with Crippen molar-refractivity contribution in [1.29, 1.82) is 0 Å². The Balaban J connectivity index is 1.39. The zero-order valence-electron chi connectivity index (χ0n) is 19.0. The lowest BCUT2D eigenvalue weighted by molar-refractivity contribution is -0.122. The molecule has 1 fully saturated rings. The molecule has 0 spiro atoms. The van der Waals surface area contributed by atoms with E-state index in [1.807, 2.05) is 35.7 Å². The number of carbonyl (C=O) groups excluding carboxylic acids is 3. The van der Waals surface area contributed by atoms with Crippen molar-refractivity contribution in [2.24, 2.45) is 5.92 Å². The molecule has 1 N–H and O–H groups in total. The lowest BCUT2D eigenvalue weighted by Crippen LogP contribution is -2.32. The summed E-state index contributed by atoms with van der Waals surface area (Å²) >= 11 is 7.15. The van der Waals surface area contributed by atoms with E-state index in [2.05, 4.69) is 21.2 Å². The maximum absolute atomic E-state index is 13.8. The molecule has 186 valence electrons. The second kappa shape index (κ2) is 9.71. The average molecular weight is 613 g/mol. The van der Waals surface area contributed by atoms with Gasteiger partial charge in [0.05, 0.1) is 16.6 Å². The van der Waals surface area contributed by atoms with Gasteiger partial charge in [-0.25, -0.2) is 4.90 Å². The van der Waals surface area contributed by atoms with Crippen LogP contribution < -0.4 is 15.1 Å². The summed E-state index contributed by atoms with van der Waals surface area (Å²) in [5.41, 5.74) is 1.15. The number of hydrogen-bond donors (Lipinski definition) is 1. The Hall–Kier alpha value is -2.99. The first kappa shape index (κ1) is 24.4. The molecular formula is C26H18BrN3O4S3. The molecule has 4 heterocycles. The number of fused-ring (bicyclic) bond motifs is 2. The Morgan fingerprint density at radius 2 is 1.70 bits per heavy atom. The topological polar surface area (TPSA) is 88.5 Å². The number of amides is 3. The van der Waals surface area contributed by atoms with E-state index in [1.54, 1.807) is 36.4 Å². The third kappa shape index (κ3) is 4.29. The van der Waals surface area contributed by atoms with E-state index in [0.29, 0.717) is 16.4 Å². The van der Waals surface area contributed by atoms with Crippen LogP contribution in [0.2, 0.25) is 0 Å². The summed E-state index contributed by atoms with van der Waals surface area (Å²) in [6.07, 6.45) is 0. The van der Waals surface area contributed by atoms with Crippen LogP contribution in [0.1, 0.15) is 15.7 Å². The van der Waals surface area contributed by atoms with Gasteiger partial charge < -0.3 is 5.32 Å². The molecule has 2 aromatic carbocycles. The SMILES string of the molecule is O=C(Cn1c2c(sc1=O)C(c1cccs1)C1C(=O)N(c3ccc(Br)cc3)C(=O)C1S2)Nc1ccccc1. The van der Waals surface area contributed by atoms with Gasteiger partial charge in [0, 0.05) is 25.8 Å². The summed E-state index contributed by atoms with van der Waals surface area (Å²) in [6.45, 7) is -0.181. The molecule has 4 aromatic rings. The van der Waals surface area contributed by atoms with Crippen molar-refractivity contribution in [3.05, 3.63) is 96.0 Å². The Kier molecular flexibility index (Phi) is 6.39. The Morgan fingerprint density at radius 3 is 2.41 bits per heavy atom. The van der Waals surface area contributed by atoms with Crippen LogP contribution in [0.3, 0.4) is 0 Å². The molecule has 3 amide bonds. The van der Waals surface area contributed by atoms with E-state index in [4.69, 9.17) is 0 Å². The van der Waals surface area contributed by atoms with Crippen molar-refractivity contribution < 1.29 is 14.4 Å². The van der Waals surface area contributed by atoms with Gasteiger partial charge in [-0.05, 0) is 47.8 Å². The number of aromatic nitrogens is 1. The van der Waals surface area contributed by atoms with Gasteiger partial charge in [-0.15, -0.1) is 11.3 Å². The minimum atomic E-state index is -0.701. The first-order chi connectivity index (χ1) is 17.9. The van der Waals surface area contributed by atoms with E-state index in [-0.39, 0.29) is 29.1 Å². The van der Waals surface area contributed by atoms with Crippen LogP contribution in [0, 0.1) is 5.92 Å². The highest BCUT2D eigenvalue weighted by atomic mass is 79.9. The molecule has 2 aromatic heterocycles. The standard InChI is InChI=1S/C26H18BrN3O4S3/c27-14-8-10-16(11-9-14)30-23(32)20-19(17-7-4-12-35-17)22-25(36-21(20)24(30)33)29(26(34)37-22)13-18(31)28-15-5-2-1-3-6-15/h1-12,19-21H,13H2,(H,28,31). The number of thiophene rings is 1. The largest absolute Gasteiger partial charge is 0.325 e. The second-order valence-electron chi connectivity index (χ2n) is 8.58. The number of rotatable bonds is 5. The summed E-state index contributed by atoms with van der Waals surface area (Å²) < 4.78 is 2.28. The van der Waals surface area contributed by atoms with Crippen LogP contribution in [0.25, 0.3) is 0 Å². The molecule has 0 saturated carbocycles. The predicted octanol–water partition coefficient (Wildman–Crippen LogP) is 5.17. The summed E-state index contributed by atoms with van der Waals surface area (Å²) in [7, 11) is 0. The van der Waals surface area contributed by atoms with Crippen LogP contribution >= 0.6 is 50.4 Å².